The Morgan fingerprint density at radius 2 is 2.00 bits per heavy atom. The van der Waals surface area contributed by atoms with E-state index in [2.05, 4.69) is 20.2 Å². The number of nitrogens with one attached hydrogen (secondary N) is 1. The Balaban J connectivity index is 1.90. The van der Waals surface area contributed by atoms with Gasteiger partial charge in [0.1, 0.15) is 12.0 Å². The zero-order valence-electron chi connectivity index (χ0n) is 11.9. The van der Waals surface area contributed by atoms with Gasteiger partial charge in [0.2, 0.25) is 0 Å². The second-order valence-corrected chi connectivity index (χ2v) is 5.67. The van der Waals surface area contributed by atoms with Gasteiger partial charge in [0, 0.05) is 23.8 Å². The first-order valence-corrected chi connectivity index (χ1v) is 7.41. The van der Waals surface area contributed by atoms with Crippen LogP contribution in [0.2, 0.25) is 5.02 Å². The summed E-state index contributed by atoms with van der Waals surface area (Å²) >= 11 is 5.98. The van der Waals surface area contributed by atoms with Crippen molar-refractivity contribution < 1.29 is 0 Å². The van der Waals surface area contributed by atoms with E-state index >= 15 is 0 Å². The van der Waals surface area contributed by atoms with Crippen molar-refractivity contribution in [1.82, 2.24) is 9.97 Å². The lowest BCUT2D eigenvalue weighted by Crippen LogP contribution is -2.21. The van der Waals surface area contributed by atoms with Crippen LogP contribution < -0.4 is 16.0 Å². The van der Waals surface area contributed by atoms with Crippen LogP contribution in [0.5, 0.6) is 0 Å². The highest BCUT2D eigenvalue weighted by Gasteiger charge is 2.18. The second kappa shape index (κ2) is 5.77. The van der Waals surface area contributed by atoms with E-state index in [1.165, 1.54) is 12.8 Å². The van der Waals surface area contributed by atoms with Crippen LogP contribution in [-0.4, -0.2) is 23.1 Å². The molecule has 0 bridgehead atoms. The van der Waals surface area contributed by atoms with Crippen LogP contribution >= 0.6 is 11.6 Å². The molecule has 3 rings (SSSR count). The van der Waals surface area contributed by atoms with Crippen molar-refractivity contribution in [2.75, 3.05) is 29.0 Å². The molecule has 1 saturated heterocycles. The van der Waals surface area contributed by atoms with Gasteiger partial charge in [-0.15, -0.1) is 0 Å². The number of rotatable bonds is 3. The zero-order chi connectivity index (χ0) is 14.8. The lowest BCUT2D eigenvalue weighted by atomic mass is 10.2. The van der Waals surface area contributed by atoms with Gasteiger partial charge in [-0.2, -0.15) is 0 Å². The number of nitrogens with zero attached hydrogens (tertiary/aromatic N) is 3. The van der Waals surface area contributed by atoms with Crippen molar-refractivity contribution in [2.24, 2.45) is 0 Å². The van der Waals surface area contributed by atoms with Crippen molar-refractivity contribution in [3.8, 4) is 0 Å². The van der Waals surface area contributed by atoms with E-state index in [9.17, 15) is 0 Å². The molecular formula is C15H18ClN5. The standard InChI is InChI=1S/C15H18ClN5/c1-10-8-11(16)4-5-12(10)20-14-13(17)15(19-9-18-14)21-6-2-3-7-21/h4-5,8-9H,2-3,6-7,17H2,1H3,(H,18,19,20). The molecule has 1 aliphatic heterocycles. The van der Waals surface area contributed by atoms with Crippen LogP contribution in [0.25, 0.3) is 0 Å². The third kappa shape index (κ3) is 2.88. The van der Waals surface area contributed by atoms with Crippen molar-refractivity contribution in [2.45, 2.75) is 19.8 Å². The molecule has 5 nitrogen and oxygen atoms in total. The molecule has 110 valence electrons. The number of aryl methyl sites for hydroxylation is 1. The summed E-state index contributed by atoms with van der Waals surface area (Å²) in [5.41, 5.74) is 8.81. The van der Waals surface area contributed by atoms with E-state index in [-0.39, 0.29) is 0 Å². The molecule has 0 atom stereocenters. The van der Waals surface area contributed by atoms with Crippen LogP contribution in [0.3, 0.4) is 0 Å². The van der Waals surface area contributed by atoms with Crippen molar-refractivity contribution in [3.05, 3.63) is 35.1 Å². The number of benzene rings is 1. The Bertz CT molecular complexity index is 653. The van der Waals surface area contributed by atoms with Crippen molar-refractivity contribution in [1.29, 1.82) is 0 Å². The summed E-state index contributed by atoms with van der Waals surface area (Å²) in [6.07, 6.45) is 3.92. The summed E-state index contributed by atoms with van der Waals surface area (Å²) < 4.78 is 0. The normalized spacial score (nSPS) is 14.5. The molecule has 0 saturated carbocycles. The maximum absolute atomic E-state index is 6.24. The number of hydrogen-bond donors (Lipinski definition) is 2. The fourth-order valence-electron chi connectivity index (χ4n) is 2.56. The van der Waals surface area contributed by atoms with Gasteiger partial charge in [-0.3, -0.25) is 0 Å². The number of halogens is 1. The lowest BCUT2D eigenvalue weighted by Gasteiger charge is -2.20. The second-order valence-electron chi connectivity index (χ2n) is 5.24. The fourth-order valence-corrected chi connectivity index (χ4v) is 2.79. The number of nitrogens with two attached hydrogens (primary N) is 1. The van der Waals surface area contributed by atoms with E-state index in [4.69, 9.17) is 17.3 Å². The van der Waals surface area contributed by atoms with Crippen LogP contribution in [0.15, 0.2) is 24.5 Å². The van der Waals surface area contributed by atoms with Gasteiger partial charge in [-0.25, -0.2) is 9.97 Å². The van der Waals surface area contributed by atoms with E-state index in [0.29, 0.717) is 16.5 Å². The van der Waals surface area contributed by atoms with Crippen LogP contribution in [0.1, 0.15) is 18.4 Å². The van der Waals surface area contributed by atoms with E-state index in [0.717, 1.165) is 30.2 Å². The predicted molar refractivity (Wildman–Crippen MR) is 87.4 cm³/mol. The van der Waals surface area contributed by atoms with Gasteiger partial charge in [-0.1, -0.05) is 11.6 Å². The Hall–Kier alpha value is -2.01. The van der Waals surface area contributed by atoms with Crippen molar-refractivity contribution >= 4 is 34.6 Å². The number of nitrogen functional groups attached to an aromatic ring is 1. The molecule has 2 aromatic rings. The molecule has 6 heteroatoms. The molecule has 1 aromatic carbocycles. The molecule has 1 fully saturated rings. The maximum atomic E-state index is 6.24. The Labute approximate surface area is 129 Å². The number of aromatic nitrogens is 2. The first-order valence-electron chi connectivity index (χ1n) is 7.04. The fraction of sp³-hybridized carbons (Fsp3) is 0.333. The van der Waals surface area contributed by atoms with Gasteiger partial charge in [0.15, 0.2) is 11.6 Å². The first kappa shape index (κ1) is 13.9. The number of anilines is 4. The van der Waals surface area contributed by atoms with Crippen molar-refractivity contribution in [3.63, 3.8) is 0 Å². The van der Waals surface area contributed by atoms with Crippen LogP contribution in [0.4, 0.5) is 23.0 Å². The molecule has 0 spiro atoms. The molecule has 2 heterocycles. The highest BCUT2D eigenvalue weighted by Crippen LogP contribution is 2.31. The maximum Gasteiger partial charge on any atom is 0.159 e. The highest BCUT2D eigenvalue weighted by atomic mass is 35.5. The summed E-state index contributed by atoms with van der Waals surface area (Å²) in [4.78, 5) is 10.8. The van der Waals surface area contributed by atoms with E-state index < -0.39 is 0 Å². The highest BCUT2D eigenvalue weighted by molar-refractivity contribution is 6.30. The Kier molecular flexibility index (Phi) is 3.84. The third-order valence-electron chi connectivity index (χ3n) is 3.71. The summed E-state index contributed by atoms with van der Waals surface area (Å²) in [5, 5.41) is 3.98. The SMILES string of the molecule is Cc1cc(Cl)ccc1Nc1ncnc(N2CCCC2)c1N. The summed E-state index contributed by atoms with van der Waals surface area (Å²) in [5.74, 6) is 1.45. The monoisotopic (exact) mass is 303 g/mol. The molecule has 1 aromatic heterocycles. The van der Waals surface area contributed by atoms with Gasteiger partial charge < -0.3 is 16.0 Å². The molecule has 1 aliphatic rings. The topological polar surface area (TPSA) is 67.1 Å². The average Bonchev–Trinajstić information content (AvgIpc) is 2.98. The molecular weight excluding hydrogens is 286 g/mol. The molecule has 0 unspecified atom stereocenters. The van der Waals surface area contributed by atoms with Crippen LogP contribution in [-0.2, 0) is 0 Å². The Morgan fingerprint density at radius 1 is 1.24 bits per heavy atom. The van der Waals surface area contributed by atoms with E-state index in [1.54, 1.807) is 6.33 Å². The van der Waals surface area contributed by atoms with Gasteiger partial charge in [-0.05, 0) is 43.5 Å². The average molecular weight is 304 g/mol. The third-order valence-corrected chi connectivity index (χ3v) is 3.95. The minimum Gasteiger partial charge on any atom is -0.393 e. The summed E-state index contributed by atoms with van der Waals surface area (Å²) in [7, 11) is 0. The first-order chi connectivity index (χ1) is 10.1. The van der Waals surface area contributed by atoms with Crippen LogP contribution in [0, 0.1) is 6.92 Å². The summed E-state index contributed by atoms with van der Waals surface area (Å²) in [6, 6.07) is 5.67. The number of hydrogen-bond acceptors (Lipinski definition) is 5. The molecule has 3 N–H and O–H groups in total. The molecule has 0 radical (unpaired) electrons. The minimum absolute atomic E-state index is 0.591. The lowest BCUT2D eigenvalue weighted by molar-refractivity contribution is 0.931. The molecule has 21 heavy (non-hydrogen) atoms. The summed E-state index contributed by atoms with van der Waals surface area (Å²) in [6.45, 7) is 3.99. The quantitative estimate of drug-likeness (QED) is 0.910. The Morgan fingerprint density at radius 3 is 2.71 bits per heavy atom. The largest absolute Gasteiger partial charge is 0.393 e. The molecule has 0 aliphatic carbocycles. The van der Waals surface area contributed by atoms with Gasteiger partial charge in [0.05, 0.1) is 0 Å². The smallest absolute Gasteiger partial charge is 0.159 e. The van der Waals surface area contributed by atoms with Gasteiger partial charge >= 0.3 is 0 Å². The zero-order valence-corrected chi connectivity index (χ0v) is 12.7. The minimum atomic E-state index is 0.591. The molecule has 0 amide bonds. The van der Waals surface area contributed by atoms with E-state index in [1.807, 2.05) is 25.1 Å². The van der Waals surface area contributed by atoms with Gasteiger partial charge in [0.25, 0.3) is 0 Å². The predicted octanol–water partition coefficient (Wildman–Crippen LogP) is 3.36.